The molecule has 8 heteroatoms. The van der Waals surface area contributed by atoms with Crippen molar-refractivity contribution in [1.29, 1.82) is 5.26 Å². The van der Waals surface area contributed by atoms with Gasteiger partial charge in [-0.3, -0.25) is 0 Å². The first-order valence-corrected chi connectivity index (χ1v) is 18.4. The molecule has 3 heterocycles. The van der Waals surface area contributed by atoms with E-state index in [0.29, 0.717) is 51.7 Å². The van der Waals surface area contributed by atoms with Crippen LogP contribution in [0.4, 0.5) is 0 Å². The minimum atomic E-state index is 0.532. The highest BCUT2D eigenvalue weighted by molar-refractivity contribution is 6.12. The molecule has 266 valence electrons. The summed E-state index contributed by atoms with van der Waals surface area (Å²) in [7, 11) is 0. The first kappa shape index (κ1) is 33.4. The molecule has 0 unspecified atom stereocenters. The van der Waals surface area contributed by atoms with Crippen LogP contribution in [0.1, 0.15) is 5.56 Å². The van der Waals surface area contributed by atoms with Gasteiger partial charge in [0.2, 0.25) is 0 Å². The Bertz CT molecular complexity index is 3050. The topological polar surface area (TPSA) is 114 Å². The fraction of sp³-hybridized carbons (Fsp3) is 0. The number of furan rings is 1. The maximum Gasteiger partial charge on any atom is 0.164 e. The van der Waals surface area contributed by atoms with Gasteiger partial charge in [-0.05, 0) is 41.5 Å². The third-order valence-electron chi connectivity index (χ3n) is 9.85. The molecule has 0 saturated carbocycles. The van der Waals surface area contributed by atoms with Crippen LogP contribution in [0.3, 0.4) is 0 Å². The second kappa shape index (κ2) is 14.3. The number of fused-ring (bicyclic) bond motifs is 3. The van der Waals surface area contributed by atoms with Gasteiger partial charge in [0.15, 0.2) is 34.9 Å². The molecule has 0 amide bonds. The molecular formula is C49H29N7O. The van der Waals surface area contributed by atoms with Crippen molar-refractivity contribution in [3.05, 3.63) is 181 Å². The molecule has 3 aromatic heterocycles. The van der Waals surface area contributed by atoms with Crippen LogP contribution >= 0.6 is 0 Å². The van der Waals surface area contributed by atoms with Crippen LogP contribution in [0.15, 0.2) is 180 Å². The van der Waals surface area contributed by atoms with Gasteiger partial charge in [0, 0.05) is 44.2 Å². The molecule has 0 saturated heterocycles. The number of hydrogen-bond donors (Lipinski definition) is 0. The Hall–Kier alpha value is -8.15. The largest absolute Gasteiger partial charge is 0.456 e. The van der Waals surface area contributed by atoms with Gasteiger partial charge in [0.1, 0.15) is 11.2 Å². The van der Waals surface area contributed by atoms with E-state index < -0.39 is 0 Å². The third kappa shape index (κ3) is 6.45. The molecule has 10 aromatic rings. The Balaban J connectivity index is 1.09. The maximum absolute atomic E-state index is 9.23. The SMILES string of the molecule is N#Cc1ccc(-c2ccc(-c3nc(-c4ccccc4)nc(-c4cccc5oc6cc(-c7nc(-c8ccccc8)nc(-c8ccccc8)n7)ccc6c45)n3)cc2)cc1. The zero-order chi connectivity index (χ0) is 38.1. The number of benzene rings is 7. The molecule has 0 radical (unpaired) electrons. The summed E-state index contributed by atoms with van der Waals surface area (Å²) in [6.45, 7) is 0. The van der Waals surface area contributed by atoms with E-state index in [1.807, 2.05) is 170 Å². The van der Waals surface area contributed by atoms with E-state index in [1.54, 1.807) is 0 Å². The normalized spacial score (nSPS) is 11.1. The third-order valence-corrected chi connectivity index (χ3v) is 9.85. The zero-order valence-electron chi connectivity index (χ0n) is 30.3. The van der Waals surface area contributed by atoms with Crippen molar-refractivity contribution in [3.8, 4) is 85.5 Å². The number of nitrogens with zero attached hydrogens (tertiary/aromatic N) is 7. The summed E-state index contributed by atoms with van der Waals surface area (Å²) in [5.74, 6) is 3.38. The average Bonchev–Trinajstić information content (AvgIpc) is 3.68. The Morgan fingerprint density at radius 3 is 1.28 bits per heavy atom. The fourth-order valence-electron chi connectivity index (χ4n) is 6.98. The van der Waals surface area contributed by atoms with Crippen molar-refractivity contribution >= 4 is 21.9 Å². The fourth-order valence-corrected chi connectivity index (χ4v) is 6.98. The first-order chi connectivity index (χ1) is 28.2. The summed E-state index contributed by atoms with van der Waals surface area (Å²) >= 11 is 0. The smallest absolute Gasteiger partial charge is 0.164 e. The minimum absolute atomic E-state index is 0.532. The molecule has 0 atom stereocenters. The van der Waals surface area contributed by atoms with Crippen LogP contribution in [0.25, 0.3) is 101 Å². The molecule has 57 heavy (non-hydrogen) atoms. The van der Waals surface area contributed by atoms with Crippen molar-refractivity contribution in [2.24, 2.45) is 0 Å². The molecule has 0 fully saturated rings. The van der Waals surface area contributed by atoms with E-state index in [0.717, 1.165) is 55.3 Å². The van der Waals surface area contributed by atoms with Crippen molar-refractivity contribution in [2.75, 3.05) is 0 Å². The average molecular weight is 732 g/mol. The second-order valence-corrected chi connectivity index (χ2v) is 13.5. The van der Waals surface area contributed by atoms with Gasteiger partial charge in [-0.1, -0.05) is 146 Å². The molecule has 0 spiro atoms. The van der Waals surface area contributed by atoms with E-state index in [4.69, 9.17) is 34.3 Å². The van der Waals surface area contributed by atoms with Crippen LogP contribution in [-0.2, 0) is 0 Å². The van der Waals surface area contributed by atoms with E-state index in [2.05, 4.69) is 12.1 Å². The molecule has 0 aliphatic carbocycles. The van der Waals surface area contributed by atoms with Crippen LogP contribution in [-0.4, -0.2) is 29.9 Å². The van der Waals surface area contributed by atoms with E-state index >= 15 is 0 Å². The molecule has 8 nitrogen and oxygen atoms in total. The summed E-state index contributed by atoms with van der Waals surface area (Å²) < 4.78 is 6.55. The summed E-state index contributed by atoms with van der Waals surface area (Å²) in [6, 6.07) is 59.7. The quantitative estimate of drug-likeness (QED) is 0.159. The lowest BCUT2D eigenvalue weighted by molar-refractivity contribution is 0.669. The van der Waals surface area contributed by atoms with Gasteiger partial charge >= 0.3 is 0 Å². The van der Waals surface area contributed by atoms with Gasteiger partial charge in [0.25, 0.3) is 0 Å². The van der Waals surface area contributed by atoms with E-state index in [-0.39, 0.29) is 0 Å². The molecule has 0 aliphatic rings. The lowest BCUT2D eigenvalue weighted by Crippen LogP contribution is -2.00. The van der Waals surface area contributed by atoms with Crippen molar-refractivity contribution in [3.63, 3.8) is 0 Å². The van der Waals surface area contributed by atoms with Crippen LogP contribution < -0.4 is 0 Å². The van der Waals surface area contributed by atoms with Crippen LogP contribution in [0.2, 0.25) is 0 Å². The Morgan fingerprint density at radius 2 is 0.772 bits per heavy atom. The molecule has 0 N–H and O–H groups in total. The summed E-state index contributed by atoms with van der Waals surface area (Å²) in [6.07, 6.45) is 0. The standard InChI is InChI=1S/C49H29N7O/c50-30-31-19-21-32(22-20-31)33-23-25-37(26-24-33)47-52-46(36-15-8-3-9-16-36)55-49(56-47)40-17-10-18-41-43(40)39-28-27-38(29-42(39)57-41)48-53-44(34-11-4-1-5-12-34)51-45(54-48)35-13-6-2-7-14-35/h1-29H. The number of aromatic nitrogens is 6. The van der Waals surface area contributed by atoms with Crippen molar-refractivity contribution < 1.29 is 4.42 Å². The summed E-state index contributed by atoms with van der Waals surface area (Å²) in [4.78, 5) is 29.8. The molecule has 0 aliphatic heterocycles. The maximum atomic E-state index is 9.23. The van der Waals surface area contributed by atoms with Crippen LogP contribution in [0.5, 0.6) is 0 Å². The number of rotatable bonds is 7. The summed E-state index contributed by atoms with van der Waals surface area (Å²) in [5, 5.41) is 11.0. The highest BCUT2D eigenvalue weighted by Crippen LogP contribution is 2.38. The Labute approximate surface area is 327 Å². The second-order valence-electron chi connectivity index (χ2n) is 13.5. The van der Waals surface area contributed by atoms with Gasteiger partial charge < -0.3 is 4.42 Å². The minimum Gasteiger partial charge on any atom is -0.456 e. The monoisotopic (exact) mass is 731 g/mol. The predicted octanol–water partition coefficient (Wildman–Crippen LogP) is 11.5. The van der Waals surface area contributed by atoms with Gasteiger partial charge in [-0.25, -0.2) is 29.9 Å². The first-order valence-electron chi connectivity index (χ1n) is 18.4. The number of nitriles is 1. The van der Waals surface area contributed by atoms with Crippen molar-refractivity contribution in [2.45, 2.75) is 0 Å². The molecule has 10 rings (SSSR count). The molecular weight excluding hydrogens is 703 g/mol. The lowest BCUT2D eigenvalue weighted by atomic mass is 10.0. The van der Waals surface area contributed by atoms with E-state index in [1.165, 1.54) is 0 Å². The number of hydrogen-bond acceptors (Lipinski definition) is 8. The zero-order valence-corrected chi connectivity index (χ0v) is 30.3. The van der Waals surface area contributed by atoms with Gasteiger partial charge in [-0.15, -0.1) is 0 Å². The predicted molar refractivity (Wildman–Crippen MR) is 223 cm³/mol. The van der Waals surface area contributed by atoms with E-state index in [9.17, 15) is 5.26 Å². The summed E-state index contributed by atoms with van der Waals surface area (Å²) in [5.41, 5.74) is 9.24. The Morgan fingerprint density at radius 1 is 0.351 bits per heavy atom. The van der Waals surface area contributed by atoms with Gasteiger partial charge in [-0.2, -0.15) is 5.26 Å². The molecule has 7 aromatic carbocycles. The van der Waals surface area contributed by atoms with Gasteiger partial charge in [0.05, 0.1) is 11.6 Å². The Kier molecular flexibility index (Phi) is 8.36. The van der Waals surface area contributed by atoms with Crippen molar-refractivity contribution in [1.82, 2.24) is 29.9 Å². The highest BCUT2D eigenvalue weighted by Gasteiger charge is 2.19. The van der Waals surface area contributed by atoms with Crippen LogP contribution in [0, 0.1) is 11.3 Å². The molecule has 0 bridgehead atoms. The highest BCUT2D eigenvalue weighted by atomic mass is 16.3. The lowest BCUT2D eigenvalue weighted by Gasteiger charge is -2.10.